The quantitative estimate of drug-likeness (QED) is 0.360. The molecule has 2 saturated heterocycles. The lowest BCUT2D eigenvalue weighted by molar-refractivity contribution is -0.145. The van der Waals surface area contributed by atoms with Crippen LogP contribution in [-0.4, -0.2) is 65.6 Å². The van der Waals surface area contributed by atoms with Gasteiger partial charge in [0.2, 0.25) is 6.23 Å². The fourth-order valence-electron chi connectivity index (χ4n) is 3.46. The number of aliphatic hydroxyl groups is 1. The van der Waals surface area contributed by atoms with E-state index in [0.717, 1.165) is 6.20 Å². The zero-order valence-electron chi connectivity index (χ0n) is 17.6. The zero-order chi connectivity index (χ0) is 24.5. The molecule has 14 heteroatoms. The minimum absolute atomic E-state index is 0.0953. The van der Waals surface area contributed by atoms with Gasteiger partial charge in [-0.05, 0) is 18.2 Å². The van der Waals surface area contributed by atoms with Crippen LogP contribution in [0.4, 0.5) is 13.6 Å². The van der Waals surface area contributed by atoms with Crippen molar-refractivity contribution in [2.45, 2.75) is 36.8 Å². The van der Waals surface area contributed by atoms with Gasteiger partial charge >= 0.3 is 25.7 Å². The van der Waals surface area contributed by atoms with Crippen LogP contribution in [-0.2, 0) is 23.4 Å². The van der Waals surface area contributed by atoms with Crippen LogP contribution in [0.25, 0.3) is 0 Å². The van der Waals surface area contributed by atoms with E-state index in [-0.39, 0.29) is 24.5 Å². The smallest absolute Gasteiger partial charge is 0.459 e. The highest BCUT2D eigenvalue weighted by Gasteiger charge is 2.61. The van der Waals surface area contributed by atoms with Crippen molar-refractivity contribution in [3.05, 3.63) is 54.9 Å². The summed E-state index contributed by atoms with van der Waals surface area (Å²) in [4.78, 5) is 24.5. The molecule has 34 heavy (non-hydrogen) atoms. The van der Waals surface area contributed by atoms with Crippen molar-refractivity contribution >= 4 is 19.7 Å². The normalized spacial score (nSPS) is 30.1. The standard InChI is InChI=1S/C20H22F2N3O8P/c1-12-7-9-25(19(28)23-12)18-20(21,22)16(26)15(32-18)11-31-34(29,24-14-8-10-30-17(14)27)33-13-5-3-2-4-6-13/h2-7,9,14-16,18,26H,1,8,10-11H2,(H,23,28)(H,24,29)/t14?,15-,16-,18-,34?/m1/s1. The van der Waals surface area contributed by atoms with E-state index in [4.69, 9.17) is 18.5 Å². The van der Waals surface area contributed by atoms with E-state index in [1.165, 1.54) is 18.2 Å². The highest BCUT2D eigenvalue weighted by atomic mass is 31.2. The first-order valence-electron chi connectivity index (χ1n) is 10.2. The molecule has 1 aromatic rings. The number of hydrogen-bond donors (Lipinski definition) is 3. The van der Waals surface area contributed by atoms with Crippen LogP contribution >= 0.6 is 7.75 Å². The number of allylic oxidation sites excluding steroid dienone is 1. The Labute approximate surface area is 192 Å². The van der Waals surface area contributed by atoms with Crippen molar-refractivity contribution in [2.75, 3.05) is 13.2 Å². The second-order valence-corrected chi connectivity index (χ2v) is 9.35. The van der Waals surface area contributed by atoms with E-state index in [1.807, 2.05) is 0 Å². The summed E-state index contributed by atoms with van der Waals surface area (Å²) in [6.45, 7) is 2.79. The molecule has 3 N–H and O–H groups in total. The molecule has 2 amide bonds. The van der Waals surface area contributed by atoms with Gasteiger partial charge in [0.05, 0.1) is 13.2 Å². The van der Waals surface area contributed by atoms with Gasteiger partial charge in [0.15, 0.2) is 6.10 Å². The van der Waals surface area contributed by atoms with Gasteiger partial charge in [0.25, 0.3) is 0 Å². The van der Waals surface area contributed by atoms with Crippen molar-refractivity contribution in [1.82, 2.24) is 15.3 Å². The Hall–Kier alpha value is -2.83. The average Bonchev–Trinajstić information content (AvgIpc) is 3.28. The Morgan fingerprint density at radius 1 is 1.32 bits per heavy atom. The number of rotatable bonds is 8. The number of carbonyl (C=O) groups excluding carboxylic acids is 2. The van der Waals surface area contributed by atoms with Gasteiger partial charge < -0.3 is 24.4 Å². The predicted molar refractivity (Wildman–Crippen MR) is 111 cm³/mol. The van der Waals surface area contributed by atoms with E-state index in [9.17, 15) is 28.0 Å². The molecule has 3 aliphatic rings. The van der Waals surface area contributed by atoms with Crippen LogP contribution < -0.4 is 14.9 Å². The van der Waals surface area contributed by atoms with E-state index in [2.05, 4.69) is 17.0 Å². The molecule has 0 saturated carbocycles. The number of esters is 1. The fourth-order valence-corrected chi connectivity index (χ4v) is 5.00. The summed E-state index contributed by atoms with van der Waals surface area (Å²) in [7, 11) is -4.33. The number of benzene rings is 1. The minimum atomic E-state index is -4.33. The summed E-state index contributed by atoms with van der Waals surface area (Å²) < 4.78 is 63.7. The van der Waals surface area contributed by atoms with Crippen LogP contribution in [0, 0.1) is 0 Å². The number of alkyl halides is 2. The summed E-state index contributed by atoms with van der Waals surface area (Å²) in [5.41, 5.74) is 0.193. The van der Waals surface area contributed by atoms with Crippen LogP contribution in [0.2, 0.25) is 0 Å². The summed E-state index contributed by atoms with van der Waals surface area (Å²) in [5.74, 6) is -4.44. The number of nitrogens with zero attached hydrogens (tertiary/aromatic N) is 1. The zero-order valence-corrected chi connectivity index (χ0v) is 18.5. The second kappa shape index (κ2) is 9.43. The van der Waals surface area contributed by atoms with Gasteiger partial charge in [0, 0.05) is 18.3 Å². The molecule has 1 aromatic carbocycles. The molecule has 2 fully saturated rings. The van der Waals surface area contributed by atoms with Gasteiger partial charge in [0.1, 0.15) is 17.9 Å². The summed E-state index contributed by atoms with van der Waals surface area (Å²) >= 11 is 0. The number of carbonyl (C=O) groups is 2. The molecule has 5 atom stereocenters. The number of hydrogen-bond acceptors (Lipinski definition) is 8. The van der Waals surface area contributed by atoms with Crippen LogP contribution in [0.1, 0.15) is 6.42 Å². The Morgan fingerprint density at radius 3 is 2.71 bits per heavy atom. The SMILES string of the molecule is C=C1C=CN([C@@H]2O[C@H](COP(=O)(NC3CCOC3=O)Oc3ccccc3)[C@@H](O)C2(F)F)C(=O)N1. The Morgan fingerprint density at radius 2 is 2.06 bits per heavy atom. The van der Waals surface area contributed by atoms with Gasteiger partial charge in [-0.2, -0.15) is 13.9 Å². The summed E-state index contributed by atoms with van der Waals surface area (Å²) in [5, 5.41) is 14.9. The topological polar surface area (TPSA) is 136 Å². The average molecular weight is 501 g/mol. The van der Waals surface area contributed by atoms with Crippen molar-refractivity contribution in [1.29, 1.82) is 0 Å². The maximum absolute atomic E-state index is 14.8. The molecule has 11 nitrogen and oxygen atoms in total. The molecule has 0 bridgehead atoms. The highest BCUT2D eigenvalue weighted by Crippen LogP contribution is 2.47. The number of aliphatic hydroxyl groups excluding tert-OH is 1. The second-order valence-electron chi connectivity index (χ2n) is 7.66. The molecule has 184 valence electrons. The van der Waals surface area contributed by atoms with Gasteiger partial charge in [-0.1, -0.05) is 24.8 Å². The Balaban J connectivity index is 1.49. The minimum Gasteiger partial charge on any atom is -0.464 e. The molecular weight excluding hydrogens is 479 g/mol. The third kappa shape index (κ3) is 4.98. The van der Waals surface area contributed by atoms with Crippen LogP contribution in [0.3, 0.4) is 0 Å². The predicted octanol–water partition coefficient (Wildman–Crippen LogP) is 1.87. The van der Waals surface area contributed by atoms with E-state index < -0.39 is 56.8 Å². The van der Waals surface area contributed by atoms with Crippen molar-refractivity contribution in [3.63, 3.8) is 0 Å². The number of amides is 2. The number of nitrogens with one attached hydrogen (secondary N) is 2. The highest BCUT2D eigenvalue weighted by molar-refractivity contribution is 7.52. The lowest BCUT2D eigenvalue weighted by Gasteiger charge is -2.31. The maximum atomic E-state index is 14.8. The van der Waals surface area contributed by atoms with Crippen molar-refractivity contribution in [2.24, 2.45) is 0 Å². The number of para-hydroxylation sites is 1. The summed E-state index contributed by atoms with van der Waals surface area (Å²) in [6.07, 6.45) is -3.72. The first-order valence-corrected chi connectivity index (χ1v) is 11.7. The molecule has 2 unspecified atom stereocenters. The van der Waals surface area contributed by atoms with E-state index >= 15 is 0 Å². The number of ether oxygens (including phenoxy) is 2. The first-order chi connectivity index (χ1) is 16.1. The lowest BCUT2D eigenvalue weighted by atomic mass is 10.1. The number of cyclic esters (lactones) is 1. The van der Waals surface area contributed by atoms with Gasteiger partial charge in [-0.25, -0.2) is 9.36 Å². The number of urea groups is 1. The van der Waals surface area contributed by atoms with E-state index in [0.29, 0.717) is 4.90 Å². The molecule has 4 rings (SSSR count). The largest absolute Gasteiger partial charge is 0.464 e. The van der Waals surface area contributed by atoms with Gasteiger partial charge in [-0.15, -0.1) is 0 Å². The van der Waals surface area contributed by atoms with E-state index in [1.54, 1.807) is 18.2 Å². The molecule has 0 radical (unpaired) electrons. The van der Waals surface area contributed by atoms with Crippen molar-refractivity contribution in [3.8, 4) is 5.75 Å². The third-order valence-corrected chi connectivity index (χ3v) is 6.77. The molecule has 0 aliphatic carbocycles. The fraction of sp³-hybridized carbons (Fsp3) is 0.400. The number of halogens is 2. The Kier molecular flexibility index (Phi) is 6.74. The molecule has 3 heterocycles. The van der Waals surface area contributed by atoms with Gasteiger partial charge in [-0.3, -0.25) is 14.2 Å². The molecule has 3 aliphatic heterocycles. The lowest BCUT2D eigenvalue weighted by Crippen LogP contribution is -2.53. The third-order valence-electron chi connectivity index (χ3n) is 5.20. The molecule has 0 spiro atoms. The van der Waals surface area contributed by atoms with Crippen molar-refractivity contribution < 1.29 is 46.6 Å². The molecule has 0 aromatic heterocycles. The monoisotopic (exact) mass is 501 g/mol. The van der Waals surface area contributed by atoms with Crippen LogP contribution in [0.15, 0.2) is 54.9 Å². The summed E-state index contributed by atoms with van der Waals surface area (Å²) in [6, 6.07) is 5.91. The maximum Gasteiger partial charge on any atom is 0.459 e. The van der Waals surface area contributed by atoms with Crippen LogP contribution in [0.5, 0.6) is 5.75 Å². The molecular formula is C20H22F2N3O8P. The Bertz CT molecular complexity index is 1040. The first kappa shape index (κ1) is 24.3.